The van der Waals surface area contributed by atoms with E-state index in [0.717, 1.165) is 45.1 Å². The summed E-state index contributed by atoms with van der Waals surface area (Å²) >= 11 is 1.39. The van der Waals surface area contributed by atoms with Gasteiger partial charge in [0, 0.05) is 50.3 Å². The summed E-state index contributed by atoms with van der Waals surface area (Å²) < 4.78 is 11.5. The van der Waals surface area contributed by atoms with Crippen molar-refractivity contribution in [1.29, 1.82) is 0 Å². The zero-order valence-corrected chi connectivity index (χ0v) is 30.0. The van der Waals surface area contributed by atoms with Crippen molar-refractivity contribution in [3.05, 3.63) is 52.0 Å². The highest BCUT2D eigenvalue weighted by atomic mass is 32.1. The number of aromatic nitrogens is 1. The molecule has 1 aromatic heterocycles. The molecule has 11 nitrogen and oxygen atoms in total. The first-order valence-electron chi connectivity index (χ1n) is 17.3. The Bertz CT molecular complexity index is 1440. The lowest BCUT2D eigenvalue weighted by atomic mass is 9.82. The summed E-state index contributed by atoms with van der Waals surface area (Å²) in [6, 6.07) is 7.21. The Morgan fingerprint density at radius 2 is 1.77 bits per heavy atom. The van der Waals surface area contributed by atoms with Crippen molar-refractivity contribution in [1.82, 2.24) is 25.0 Å². The maximum Gasteiger partial charge on any atom is 0.410 e. The van der Waals surface area contributed by atoms with Gasteiger partial charge in [-0.15, -0.1) is 11.3 Å². The van der Waals surface area contributed by atoms with E-state index in [-0.39, 0.29) is 35.8 Å². The van der Waals surface area contributed by atoms with Crippen LogP contribution in [0.15, 0.2) is 35.7 Å². The molecule has 1 aliphatic carbocycles. The number of benzene rings is 1. The Kier molecular flexibility index (Phi) is 11.6. The molecule has 2 aliphatic heterocycles. The molecule has 0 bridgehead atoms. The molecule has 3 amide bonds. The maximum absolute atomic E-state index is 14.9. The fourth-order valence-corrected chi connectivity index (χ4v) is 7.99. The molecule has 12 heteroatoms. The van der Waals surface area contributed by atoms with Gasteiger partial charge in [0.25, 0.3) is 0 Å². The molecule has 1 saturated carbocycles. The summed E-state index contributed by atoms with van der Waals surface area (Å²) in [5.74, 6) is -0.723. The first-order chi connectivity index (χ1) is 22.9. The number of carbonyl (C=O) groups is 4. The van der Waals surface area contributed by atoms with Crippen LogP contribution >= 0.6 is 11.3 Å². The summed E-state index contributed by atoms with van der Waals surface area (Å²) in [6.07, 6.45) is 5.05. The summed E-state index contributed by atoms with van der Waals surface area (Å²) in [4.78, 5) is 65.1. The van der Waals surface area contributed by atoms with Crippen LogP contribution < -0.4 is 5.32 Å². The number of hydrogen-bond donors (Lipinski definition) is 1. The van der Waals surface area contributed by atoms with Crippen molar-refractivity contribution >= 4 is 35.0 Å². The number of ketones is 1. The highest BCUT2D eigenvalue weighted by Gasteiger charge is 2.46. The lowest BCUT2D eigenvalue weighted by molar-refractivity contribution is -0.144. The average Bonchev–Trinajstić information content (AvgIpc) is 3.72. The first kappa shape index (κ1) is 35.9. The van der Waals surface area contributed by atoms with Gasteiger partial charge in [0.2, 0.25) is 17.6 Å². The van der Waals surface area contributed by atoms with Crippen molar-refractivity contribution in [3.63, 3.8) is 0 Å². The molecule has 1 N–H and O–H groups in total. The molecule has 3 fully saturated rings. The normalized spacial score (nSPS) is 23.2. The standard InChI is InChI=1S/C36H51N5O6S/c1-7-46-27-18-26-19-41(29(21-40(26)20-27)33-37-28(22-48-33)31(42)25-16-12-9-13-17-25)34(44)30(24-14-10-8-11-15-24)38-32(43)23(2)39(6)35(45)47-36(3,4)5/h9,12-13,16-17,22-24,26-27,29-30H,7-8,10-11,14-15,18-21H2,1-6H3,(H,38,43)/t23-,26+,27+,29-,30-/m0/s1. The van der Waals surface area contributed by atoms with Crippen LogP contribution in [0.5, 0.6) is 0 Å². The fraction of sp³-hybridized carbons (Fsp3) is 0.639. The highest BCUT2D eigenvalue weighted by Crippen LogP contribution is 2.37. The Balaban J connectivity index is 1.42. The topological polar surface area (TPSA) is 121 Å². The molecule has 0 radical (unpaired) electrons. The number of rotatable bonds is 10. The number of ether oxygens (including phenoxy) is 2. The van der Waals surface area contributed by atoms with Crippen molar-refractivity contribution in [2.45, 2.75) is 109 Å². The Hall–Kier alpha value is -3.35. The smallest absolute Gasteiger partial charge is 0.410 e. The molecule has 1 aromatic carbocycles. The quantitative estimate of drug-likeness (QED) is 0.346. The number of nitrogens with zero attached hydrogens (tertiary/aromatic N) is 4. The maximum atomic E-state index is 14.9. The molecule has 3 aliphatic rings. The second kappa shape index (κ2) is 15.5. The lowest BCUT2D eigenvalue weighted by Gasteiger charge is -2.45. The minimum Gasteiger partial charge on any atom is -0.444 e. The first-order valence-corrected chi connectivity index (χ1v) is 18.2. The zero-order chi connectivity index (χ0) is 34.6. The Morgan fingerprint density at radius 1 is 1.06 bits per heavy atom. The number of thiazole rings is 1. The van der Waals surface area contributed by atoms with Crippen LogP contribution in [0.25, 0.3) is 0 Å². The van der Waals surface area contributed by atoms with Crippen LogP contribution in [0.4, 0.5) is 4.79 Å². The fourth-order valence-electron chi connectivity index (χ4n) is 7.09. The van der Waals surface area contributed by atoms with E-state index in [0.29, 0.717) is 36.0 Å². The minimum absolute atomic E-state index is 0.0285. The minimum atomic E-state index is -0.848. The van der Waals surface area contributed by atoms with E-state index >= 15 is 0 Å². The van der Waals surface area contributed by atoms with Crippen LogP contribution in [0, 0.1) is 5.92 Å². The van der Waals surface area contributed by atoms with E-state index < -0.39 is 29.7 Å². The summed E-state index contributed by atoms with van der Waals surface area (Å²) in [5.41, 5.74) is 0.221. The number of nitrogens with one attached hydrogen (secondary N) is 1. The van der Waals surface area contributed by atoms with Gasteiger partial charge in [-0.25, -0.2) is 9.78 Å². The molecule has 48 heavy (non-hydrogen) atoms. The molecular formula is C36H51N5O6S. The van der Waals surface area contributed by atoms with Gasteiger partial charge in [-0.3, -0.25) is 24.2 Å². The second-order valence-corrected chi connectivity index (χ2v) is 15.2. The van der Waals surface area contributed by atoms with Gasteiger partial charge >= 0.3 is 6.09 Å². The number of fused-ring (bicyclic) bond motifs is 1. The number of piperazine rings is 1. The van der Waals surface area contributed by atoms with E-state index in [4.69, 9.17) is 14.5 Å². The zero-order valence-electron chi connectivity index (χ0n) is 29.1. The number of hydrogen-bond acceptors (Lipinski definition) is 9. The highest BCUT2D eigenvalue weighted by molar-refractivity contribution is 7.10. The predicted molar refractivity (Wildman–Crippen MR) is 184 cm³/mol. The van der Waals surface area contributed by atoms with Gasteiger partial charge in [-0.05, 0) is 59.8 Å². The third-order valence-electron chi connectivity index (χ3n) is 9.77. The van der Waals surface area contributed by atoms with Crippen molar-refractivity contribution in [2.75, 3.05) is 33.3 Å². The average molecular weight is 682 g/mol. The van der Waals surface area contributed by atoms with Crippen LogP contribution in [0.1, 0.15) is 100 Å². The monoisotopic (exact) mass is 681 g/mol. The molecule has 2 saturated heterocycles. The third-order valence-corrected chi connectivity index (χ3v) is 10.7. The summed E-state index contributed by atoms with van der Waals surface area (Å²) in [6.45, 7) is 11.4. The SMILES string of the molecule is CCO[C@@H]1C[C@@H]2CN(C(=O)[C@@H](NC(=O)[C@H](C)N(C)C(=O)OC(C)(C)C)C3CCCCC3)[C@H](c3nc(C(=O)c4ccccc4)cs3)CN2C1. The van der Waals surface area contributed by atoms with Crippen molar-refractivity contribution in [2.24, 2.45) is 5.92 Å². The number of carbonyl (C=O) groups excluding carboxylic acids is 4. The van der Waals surface area contributed by atoms with Crippen molar-refractivity contribution in [3.8, 4) is 0 Å². The Morgan fingerprint density at radius 3 is 2.44 bits per heavy atom. The lowest BCUT2D eigenvalue weighted by Crippen LogP contribution is -2.61. The number of likely N-dealkylation sites (N-methyl/N-ethyl adjacent to an activating group) is 1. The second-order valence-electron chi connectivity index (χ2n) is 14.3. The molecule has 0 unspecified atom stereocenters. The van der Waals surface area contributed by atoms with E-state index in [1.807, 2.05) is 30.0 Å². The molecule has 5 atom stereocenters. The van der Waals surface area contributed by atoms with Gasteiger partial charge in [-0.2, -0.15) is 0 Å². The van der Waals surface area contributed by atoms with Crippen LogP contribution in [-0.2, 0) is 19.1 Å². The van der Waals surface area contributed by atoms with Crippen LogP contribution in [-0.4, -0.2) is 106 Å². The summed E-state index contributed by atoms with van der Waals surface area (Å²) in [7, 11) is 1.54. The molecule has 5 rings (SSSR count). The number of amides is 3. The van der Waals surface area contributed by atoms with E-state index in [1.54, 1.807) is 45.2 Å². The molecule has 0 spiro atoms. The Labute approximate surface area is 288 Å². The van der Waals surface area contributed by atoms with E-state index in [1.165, 1.54) is 23.3 Å². The molecular weight excluding hydrogens is 630 g/mol. The largest absolute Gasteiger partial charge is 0.444 e. The predicted octanol–water partition coefficient (Wildman–Crippen LogP) is 5.06. The molecule has 2 aromatic rings. The van der Waals surface area contributed by atoms with E-state index in [2.05, 4.69) is 10.2 Å². The van der Waals surface area contributed by atoms with E-state index in [9.17, 15) is 19.2 Å². The van der Waals surface area contributed by atoms with Gasteiger partial charge in [-0.1, -0.05) is 49.6 Å². The van der Waals surface area contributed by atoms with Crippen LogP contribution in [0.2, 0.25) is 0 Å². The van der Waals surface area contributed by atoms with Gasteiger partial charge < -0.3 is 19.7 Å². The van der Waals surface area contributed by atoms with Crippen LogP contribution in [0.3, 0.4) is 0 Å². The molecule has 262 valence electrons. The van der Waals surface area contributed by atoms with Gasteiger partial charge in [0.05, 0.1) is 12.1 Å². The summed E-state index contributed by atoms with van der Waals surface area (Å²) in [5, 5.41) is 5.58. The third kappa shape index (κ3) is 8.44. The van der Waals surface area contributed by atoms with Crippen molar-refractivity contribution < 1.29 is 28.7 Å². The molecule has 3 heterocycles. The van der Waals surface area contributed by atoms with Gasteiger partial charge in [0.1, 0.15) is 28.4 Å². The van der Waals surface area contributed by atoms with Gasteiger partial charge in [0.15, 0.2) is 0 Å².